The molecule has 4 nitrogen and oxygen atoms in total. The zero-order valence-corrected chi connectivity index (χ0v) is 11.0. The molecular formula is C16H15NO3. The lowest BCUT2D eigenvalue weighted by molar-refractivity contribution is -0.131. The number of hydrogen-bond acceptors (Lipinski definition) is 3. The number of nitrogens with one attached hydrogen (secondary N) is 1. The Morgan fingerprint density at radius 2 is 1.95 bits per heavy atom. The van der Waals surface area contributed by atoms with E-state index in [1.165, 1.54) is 17.7 Å². The van der Waals surface area contributed by atoms with Gasteiger partial charge >= 0.3 is 0 Å². The van der Waals surface area contributed by atoms with Crippen molar-refractivity contribution < 1.29 is 14.3 Å². The number of amides is 1. The monoisotopic (exact) mass is 269 g/mol. The fourth-order valence-electron chi connectivity index (χ4n) is 2.44. The minimum Gasteiger partial charge on any atom is -0.495 e. The van der Waals surface area contributed by atoms with Crippen LogP contribution in [0.3, 0.4) is 0 Å². The molecule has 1 heterocycles. The van der Waals surface area contributed by atoms with E-state index in [0.717, 1.165) is 6.42 Å². The molecule has 0 aromatic heterocycles. The number of allylic oxidation sites excluding steroid dienone is 2. The average molecular weight is 269 g/mol. The van der Waals surface area contributed by atoms with Crippen LogP contribution in [0.5, 0.6) is 0 Å². The molecule has 1 fully saturated rings. The molecule has 1 saturated heterocycles. The number of ether oxygens (including phenoxy) is 1. The lowest BCUT2D eigenvalue weighted by Crippen LogP contribution is -2.62. The van der Waals surface area contributed by atoms with Crippen molar-refractivity contribution in [2.45, 2.75) is 18.4 Å². The highest BCUT2D eigenvalue weighted by molar-refractivity contribution is 6.03. The second-order valence-electron chi connectivity index (χ2n) is 5.02. The highest BCUT2D eigenvalue weighted by Gasteiger charge is 2.47. The molecule has 1 amide bonds. The van der Waals surface area contributed by atoms with Gasteiger partial charge in [0.1, 0.15) is 11.3 Å². The Labute approximate surface area is 117 Å². The maximum Gasteiger partial charge on any atom is 0.224 e. The zero-order valence-electron chi connectivity index (χ0n) is 11.0. The van der Waals surface area contributed by atoms with Crippen molar-refractivity contribution in [2.75, 3.05) is 6.61 Å². The molecule has 0 unspecified atom stereocenters. The van der Waals surface area contributed by atoms with Crippen LogP contribution in [0.25, 0.3) is 0 Å². The molecule has 1 aliphatic heterocycles. The van der Waals surface area contributed by atoms with Crippen LogP contribution < -0.4 is 5.32 Å². The summed E-state index contributed by atoms with van der Waals surface area (Å²) >= 11 is 0. The van der Waals surface area contributed by atoms with E-state index >= 15 is 0 Å². The van der Waals surface area contributed by atoms with Crippen molar-refractivity contribution in [3.05, 3.63) is 59.9 Å². The van der Waals surface area contributed by atoms with Crippen LogP contribution in [0, 0.1) is 0 Å². The summed E-state index contributed by atoms with van der Waals surface area (Å²) in [4.78, 5) is 22.6. The summed E-state index contributed by atoms with van der Waals surface area (Å²) in [5.74, 6) is 0.411. The van der Waals surface area contributed by atoms with Gasteiger partial charge in [0.2, 0.25) is 5.91 Å². The number of rotatable bonds is 4. The highest BCUT2D eigenvalue weighted by Crippen LogP contribution is 2.33. The summed E-state index contributed by atoms with van der Waals surface area (Å²) < 4.78 is 5.74. The van der Waals surface area contributed by atoms with E-state index in [-0.39, 0.29) is 11.7 Å². The predicted octanol–water partition coefficient (Wildman–Crippen LogP) is 1.53. The topological polar surface area (TPSA) is 55.4 Å². The SMILES string of the molecule is O=C1C=C[C@@]2(CC(=O)N2)C(OCCc2ccccc2)=C1. The first-order chi connectivity index (χ1) is 9.68. The number of ketones is 1. The third-order valence-corrected chi connectivity index (χ3v) is 3.54. The van der Waals surface area contributed by atoms with Crippen LogP contribution >= 0.6 is 0 Å². The number of benzene rings is 1. The molecule has 1 spiro atoms. The Hall–Kier alpha value is -2.36. The third kappa shape index (κ3) is 2.37. The van der Waals surface area contributed by atoms with E-state index < -0.39 is 5.54 Å². The van der Waals surface area contributed by atoms with Crippen LogP contribution in [0.4, 0.5) is 0 Å². The van der Waals surface area contributed by atoms with E-state index in [1.807, 2.05) is 30.3 Å². The lowest BCUT2D eigenvalue weighted by Gasteiger charge is -2.42. The van der Waals surface area contributed by atoms with Gasteiger partial charge in [-0.3, -0.25) is 9.59 Å². The second kappa shape index (κ2) is 4.96. The Morgan fingerprint density at radius 1 is 1.20 bits per heavy atom. The van der Waals surface area contributed by atoms with E-state index in [1.54, 1.807) is 6.08 Å². The molecule has 0 bridgehead atoms. The van der Waals surface area contributed by atoms with E-state index in [4.69, 9.17) is 4.74 Å². The summed E-state index contributed by atoms with van der Waals surface area (Å²) in [6.45, 7) is 0.481. The minimum absolute atomic E-state index is 0.0263. The molecule has 102 valence electrons. The van der Waals surface area contributed by atoms with Gasteiger partial charge in [-0.1, -0.05) is 30.3 Å². The van der Waals surface area contributed by atoms with Gasteiger partial charge in [-0.15, -0.1) is 0 Å². The van der Waals surface area contributed by atoms with E-state index in [9.17, 15) is 9.59 Å². The average Bonchev–Trinajstić information content (AvgIpc) is 2.42. The van der Waals surface area contributed by atoms with Crippen LogP contribution in [0.15, 0.2) is 54.3 Å². The van der Waals surface area contributed by atoms with E-state index in [2.05, 4.69) is 5.32 Å². The maximum atomic E-state index is 11.5. The normalized spacial score (nSPS) is 24.1. The molecular weight excluding hydrogens is 254 g/mol. The third-order valence-electron chi connectivity index (χ3n) is 3.54. The molecule has 20 heavy (non-hydrogen) atoms. The van der Waals surface area contributed by atoms with Gasteiger partial charge in [0.15, 0.2) is 5.78 Å². The number of carbonyl (C=O) groups is 2. The van der Waals surface area contributed by atoms with Crippen molar-refractivity contribution in [1.29, 1.82) is 0 Å². The van der Waals surface area contributed by atoms with Gasteiger partial charge in [-0.05, 0) is 17.7 Å². The van der Waals surface area contributed by atoms with E-state index in [0.29, 0.717) is 18.8 Å². The largest absolute Gasteiger partial charge is 0.495 e. The van der Waals surface area contributed by atoms with Gasteiger partial charge in [-0.2, -0.15) is 0 Å². The second-order valence-corrected chi connectivity index (χ2v) is 5.02. The maximum absolute atomic E-state index is 11.5. The lowest BCUT2D eigenvalue weighted by atomic mass is 9.81. The van der Waals surface area contributed by atoms with Crippen LogP contribution in [0.1, 0.15) is 12.0 Å². The fourth-order valence-corrected chi connectivity index (χ4v) is 2.44. The van der Waals surface area contributed by atoms with Crippen molar-refractivity contribution >= 4 is 11.7 Å². The van der Waals surface area contributed by atoms with Gasteiger partial charge in [0.05, 0.1) is 13.0 Å². The summed E-state index contributed by atoms with van der Waals surface area (Å²) in [5, 5.41) is 2.81. The zero-order chi connectivity index (χ0) is 14.0. The highest BCUT2D eigenvalue weighted by atomic mass is 16.5. The molecule has 3 rings (SSSR count). The predicted molar refractivity (Wildman–Crippen MR) is 73.8 cm³/mol. The summed E-state index contributed by atoms with van der Waals surface area (Å²) in [5.41, 5.74) is 0.583. The Balaban J connectivity index is 1.63. The Bertz CT molecular complexity index is 593. The summed E-state index contributed by atoms with van der Waals surface area (Å²) in [7, 11) is 0. The molecule has 0 saturated carbocycles. The molecule has 1 N–H and O–H groups in total. The van der Waals surface area contributed by atoms with Gasteiger partial charge in [0.25, 0.3) is 0 Å². The first-order valence-electron chi connectivity index (χ1n) is 6.61. The Morgan fingerprint density at radius 3 is 2.65 bits per heavy atom. The van der Waals surface area contributed by atoms with Crippen LogP contribution in [-0.4, -0.2) is 23.8 Å². The van der Waals surface area contributed by atoms with Gasteiger partial charge in [0, 0.05) is 12.5 Å². The van der Waals surface area contributed by atoms with Crippen molar-refractivity contribution in [3.8, 4) is 0 Å². The molecule has 1 aliphatic carbocycles. The summed E-state index contributed by atoms with van der Waals surface area (Å²) in [6, 6.07) is 10.00. The quantitative estimate of drug-likeness (QED) is 0.843. The van der Waals surface area contributed by atoms with Crippen molar-refractivity contribution in [1.82, 2.24) is 5.32 Å². The van der Waals surface area contributed by atoms with Crippen molar-refractivity contribution in [3.63, 3.8) is 0 Å². The van der Waals surface area contributed by atoms with Crippen LogP contribution in [0.2, 0.25) is 0 Å². The molecule has 0 radical (unpaired) electrons. The van der Waals surface area contributed by atoms with Gasteiger partial charge in [-0.25, -0.2) is 0 Å². The molecule has 4 heteroatoms. The number of β-lactam (4-membered cyclic amide) rings is 1. The number of hydrogen-bond donors (Lipinski definition) is 1. The summed E-state index contributed by atoms with van der Waals surface area (Å²) in [6.07, 6.45) is 5.76. The molecule has 1 atom stereocenters. The minimum atomic E-state index is -0.596. The standard InChI is InChI=1S/C16H15NO3/c18-13-6-8-16(11-15(19)17-16)14(10-13)20-9-7-12-4-2-1-3-5-12/h1-6,8,10H,7,9,11H2,(H,17,19)/t16-/m1/s1. The molecule has 2 aliphatic rings. The fraction of sp³-hybridized carbons (Fsp3) is 0.250. The Kier molecular flexibility index (Phi) is 3.14. The van der Waals surface area contributed by atoms with Crippen molar-refractivity contribution in [2.24, 2.45) is 0 Å². The number of carbonyl (C=O) groups excluding carboxylic acids is 2. The molecule has 1 aromatic rings. The first kappa shape index (κ1) is 12.7. The first-order valence-corrected chi connectivity index (χ1v) is 6.61. The molecule has 1 aromatic carbocycles. The smallest absolute Gasteiger partial charge is 0.224 e. The van der Waals surface area contributed by atoms with Crippen LogP contribution in [-0.2, 0) is 20.7 Å². The van der Waals surface area contributed by atoms with Gasteiger partial charge < -0.3 is 10.1 Å².